The summed E-state index contributed by atoms with van der Waals surface area (Å²) in [7, 11) is 1.62. The van der Waals surface area contributed by atoms with Crippen molar-refractivity contribution >= 4 is 23.8 Å². The number of piperidine rings is 1. The average molecular weight is 439 g/mol. The number of urea groups is 1. The molecule has 0 spiro atoms. The van der Waals surface area contributed by atoms with Gasteiger partial charge in [-0.05, 0) is 39.0 Å². The summed E-state index contributed by atoms with van der Waals surface area (Å²) in [4.78, 5) is 51.6. The molecule has 0 atom stereocenters. The number of carbonyl (C=O) groups excluding carboxylic acids is 4. The van der Waals surface area contributed by atoms with Crippen molar-refractivity contribution in [3.8, 4) is 0 Å². The molecule has 0 aromatic carbocycles. The molecule has 31 heavy (non-hydrogen) atoms. The van der Waals surface area contributed by atoms with E-state index in [1.54, 1.807) is 18.9 Å². The van der Waals surface area contributed by atoms with Gasteiger partial charge in [0.2, 0.25) is 11.8 Å². The molecule has 0 bridgehead atoms. The molecular formula is C22H38N4O5. The number of rotatable bonds is 9. The van der Waals surface area contributed by atoms with Crippen molar-refractivity contribution < 1.29 is 23.9 Å². The maximum absolute atomic E-state index is 12.5. The van der Waals surface area contributed by atoms with Crippen LogP contribution in [0.5, 0.6) is 0 Å². The number of esters is 1. The molecular weight excluding hydrogens is 400 g/mol. The molecule has 9 heteroatoms. The standard InChI is InChI=1S/C22H38N4O5/c1-3-31-21(29)17-11-14-26(15-12-17)20(28)16-25(2)19(27)10-7-13-23-22(30)24-18-8-5-4-6-9-18/h17-18H,3-16H2,1-2H3,(H2,23,24,30). The van der Waals surface area contributed by atoms with Crippen molar-refractivity contribution in [1.29, 1.82) is 0 Å². The SMILES string of the molecule is CCOC(=O)C1CCN(C(=O)CN(C)C(=O)CCCNC(=O)NC2CCCCC2)CC1. The number of ether oxygens (including phenoxy) is 1. The Morgan fingerprint density at radius 2 is 1.71 bits per heavy atom. The van der Waals surface area contributed by atoms with Gasteiger partial charge < -0.3 is 25.2 Å². The van der Waals surface area contributed by atoms with E-state index in [1.807, 2.05) is 0 Å². The van der Waals surface area contributed by atoms with Crippen molar-refractivity contribution in [2.75, 3.05) is 39.8 Å². The maximum atomic E-state index is 12.5. The highest BCUT2D eigenvalue weighted by atomic mass is 16.5. The molecule has 0 aromatic heterocycles. The average Bonchev–Trinajstić information content (AvgIpc) is 2.77. The fourth-order valence-electron chi connectivity index (χ4n) is 4.13. The lowest BCUT2D eigenvalue weighted by molar-refractivity contribution is -0.151. The Labute approximate surface area is 185 Å². The molecule has 0 aromatic rings. The Hall–Kier alpha value is -2.32. The predicted octanol–water partition coefficient (Wildman–Crippen LogP) is 1.66. The van der Waals surface area contributed by atoms with E-state index in [4.69, 9.17) is 4.74 Å². The van der Waals surface area contributed by atoms with Crippen LogP contribution in [0.15, 0.2) is 0 Å². The van der Waals surface area contributed by atoms with Gasteiger partial charge in [0.15, 0.2) is 0 Å². The van der Waals surface area contributed by atoms with Crippen LogP contribution >= 0.6 is 0 Å². The van der Waals surface area contributed by atoms with Crippen molar-refractivity contribution in [2.45, 2.75) is 70.8 Å². The van der Waals surface area contributed by atoms with Crippen molar-refractivity contribution in [3.63, 3.8) is 0 Å². The monoisotopic (exact) mass is 438 g/mol. The molecule has 0 radical (unpaired) electrons. The van der Waals surface area contributed by atoms with Gasteiger partial charge in [-0.25, -0.2) is 4.79 Å². The topological polar surface area (TPSA) is 108 Å². The van der Waals surface area contributed by atoms with Gasteiger partial charge in [0, 0.05) is 39.1 Å². The zero-order valence-electron chi connectivity index (χ0n) is 19.0. The van der Waals surface area contributed by atoms with Crippen LogP contribution in [0.2, 0.25) is 0 Å². The molecule has 4 amide bonds. The Morgan fingerprint density at radius 3 is 2.35 bits per heavy atom. The third-order valence-corrected chi connectivity index (χ3v) is 6.06. The van der Waals surface area contributed by atoms with Gasteiger partial charge in [-0.2, -0.15) is 0 Å². The quantitative estimate of drug-likeness (QED) is 0.420. The van der Waals surface area contributed by atoms with Crippen LogP contribution in [0.1, 0.15) is 64.7 Å². The number of nitrogens with zero attached hydrogens (tertiary/aromatic N) is 2. The van der Waals surface area contributed by atoms with Crippen LogP contribution in [0.4, 0.5) is 4.79 Å². The number of hydrogen-bond donors (Lipinski definition) is 2. The minimum atomic E-state index is -0.192. The molecule has 1 saturated heterocycles. The Balaban J connectivity index is 1.58. The first kappa shape index (κ1) is 24.9. The molecule has 1 saturated carbocycles. The molecule has 0 unspecified atom stereocenters. The minimum Gasteiger partial charge on any atom is -0.466 e. The van der Waals surface area contributed by atoms with E-state index in [9.17, 15) is 19.2 Å². The van der Waals surface area contributed by atoms with E-state index in [2.05, 4.69) is 10.6 Å². The summed E-state index contributed by atoms with van der Waals surface area (Å²) in [6.07, 6.45) is 7.62. The third kappa shape index (κ3) is 8.75. The zero-order chi connectivity index (χ0) is 22.6. The molecule has 176 valence electrons. The van der Waals surface area contributed by atoms with Gasteiger partial charge in [-0.15, -0.1) is 0 Å². The van der Waals surface area contributed by atoms with Crippen molar-refractivity contribution in [2.24, 2.45) is 5.92 Å². The molecule has 2 fully saturated rings. The first-order valence-electron chi connectivity index (χ1n) is 11.6. The first-order chi connectivity index (χ1) is 14.9. The highest BCUT2D eigenvalue weighted by molar-refractivity contribution is 5.85. The maximum Gasteiger partial charge on any atom is 0.315 e. The van der Waals surface area contributed by atoms with Crippen molar-refractivity contribution in [1.82, 2.24) is 20.4 Å². The smallest absolute Gasteiger partial charge is 0.315 e. The summed E-state index contributed by atoms with van der Waals surface area (Å²) in [6.45, 7) is 3.61. The van der Waals surface area contributed by atoms with E-state index in [1.165, 1.54) is 11.3 Å². The second kappa shape index (κ2) is 13.2. The highest BCUT2D eigenvalue weighted by Gasteiger charge is 2.28. The number of hydrogen-bond acceptors (Lipinski definition) is 5. The number of likely N-dealkylation sites (tertiary alicyclic amines) is 1. The summed E-state index contributed by atoms with van der Waals surface area (Å²) in [5.74, 6) is -0.568. The van der Waals surface area contributed by atoms with Gasteiger partial charge in [0.05, 0.1) is 19.1 Å². The van der Waals surface area contributed by atoms with Crippen molar-refractivity contribution in [3.05, 3.63) is 0 Å². The Morgan fingerprint density at radius 1 is 1.03 bits per heavy atom. The fourth-order valence-corrected chi connectivity index (χ4v) is 4.13. The molecule has 1 heterocycles. The van der Waals surface area contributed by atoms with Gasteiger partial charge >= 0.3 is 12.0 Å². The molecule has 2 N–H and O–H groups in total. The summed E-state index contributed by atoms with van der Waals surface area (Å²) in [5.41, 5.74) is 0. The molecule has 9 nitrogen and oxygen atoms in total. The van der Waals surface area contributed by atoms with E-state index in [-0.39, 0.29) is 48.7 Å². The summed E-state index contributed by atoms with van der Waals surface area (Å²) in [6, 6.07) is 0.0870. The van der Waals surface area contributed by atoms with E-state index in [0.717, 1.165) is 25.7 Å². The van der Waals surface area contributed by atoms with E-state index >= 15 is 0 Å². The molecule has 2 aliphatic rings. The number of carbonyl (C=O) groups is 4. The van der Waals surface area contributed by atoms with E-state index in [0.29, 0.717) is 45.5 Å². The lowest BCUT2D eigenvalue weighted by Gasteiger charge is -2.32. The number of nitrogens with one attached hydrogen (secondary N) is 2. The van der Waals surface area contributed by atoms with Crippen LogP contribution in [-0.2, 0) is 19.1 Å². The van der Waals surface area contributed by atoms with Crippen LogP contribution in [0, 0.1) is 5.92 Å². The Bertz CT molecular complexity index is 613. The summed E-state index contributed by atoms with van der Waals surface area (Å²) >= 11 is 0. The van der Waals surface area contributed by atoms with Crippen LogP contribution in [0.25, 0.3) is 0 Å². The van der Waals surface area contributed by atoms with Crippen LogP contribution in [0.3, 0.4) is 0 Å². The molecule has 1 aliphatic carbocycles. The third-order valence-electron chi connectivity index (χ3n) is 6.06. The highest BCUT2D eigenvalue weighted by Crippen LogP contribution is 2.19. The second-order valence-electron chi connectivity index (χ2n) is 8.50. The normalized spacial score (nSPS) is 17.7. The number of likely N-dealkylation sites (N-methyl/N-ethyl adjacent to an activating group) is 1. The summed E-state index contributed by atoms with van der Waals surface area (Å²) < 4.78 is 5.05. The lowest BCUT2D eigenvalue weighted by atomic mass is 9.96. The van der Waals surface area contributed by atoms with Crippen LogP contribution in [-0.4, -0.2) is 79.5 Å². The Kier molecular flexibility index (Phi) is 10.6. The number of amides is 4. The summed E-state index contributed by atoms with van der Waals surface area (Å²) in [5, 5.41) is 5.79. The predicted molar refractivity (Wildman–Crippen MR) is 116 cm³/mol. The fraction of sp³-hybridized carbons (Fsp3) is 0.818. The zero-order valence-corrected chi connectivity index (χ0v) is 19.0. The first-order valence-corrected chi connectivity index (χ1v) is 11.6. The van der Waals surface area contributed by atoms with Gasteiger partial charge in [0.25, 0.3) is 0 Å². The largest absolute Gasteiger partial charge is 0.466 e. The molecule has 1 aliphatic heterocycles. The molecule has 2 rings (SSSR count). The van der Waals surface area contributed by atoms with Gasteiger partial charge in [-0.1, -0.05) is 19.3 Å². The second-order valence-corrected chi connectivity index (χ2v) is 8.50. The van der Waals surface area contributed by atoms with Gasteiger partial charge in [0.1, 0.15) is 0 Å². The van der Waals surface area contributed by atoms with Gasteiger partial charge in [-0.3, -0.25) is 14.4 Å². The van der Waals surface area contributed by atoms with E-state index < -0.39 is 0 Å². The van der Waals surface area contributed by atoms with Crippen LogP contribution < -0.4 is 10.6 Å². The lowest BCUT2D eigenvalue weighted by Crippen LogP contribution is -2.45. The minimum absolute atomic E-state index is 0.0263.